The van der Waals surface area contributed by atoms with Gasteiger partial charge in [0.05, 0.1) is 19.6 Å². The lowest BCUT2D eigenvalue weighted by molar-refractivity contribution is -0.655. The van der Waals surface area contributed by atoms with Crippen LogP contribution in [0, 0.1) is 0 Å². The molecule has 0 aromatic carbocycles. The van der Waals surface area contributed by atoms with Gasteiger partial charge in [-0.3, -0.25) is 9.78 Å². The molecule has 0 aliphatic heterocycles. The molecule has 0 bridgehead atoms. The summed E-state index contributed by atoms with van der Waals surface area (Å²) in [6, 6.07) is 1.37. The molecule has 1 aromatic heterocycles. The second-order valence-electron chi connectivity index (χ2n) is 4.08. The maximum atomic E-state index is 11.3. The molecule has 0 fully saturated rings. The molecule has 0 aliphatic rings. The molecule has 96 valence electrons. The lowest BCUT2D eigenvalue weighted by Gasteiger charge is -2.03. The normalized spacial score (nSPS) is 10.6. The Morgan fingerprint density at radius 1 is 1.24 bits per heavy atom. The van der Waals surface area contributed by atoms with E-state index in [4.69, 9.17) is 0 Å². The van der Waals surface area contributed by atoms with Crippen LogP contribution in [0.15, 0.2) is 21.9 Å². The van der Waals surface area contributed by atoms with Crippen molar-refractivity contribution in [3.63, 3.8) is 0 Å². The zero-order valence-corrected chi connectivity index (χ0v) is 10.2. The summed E-state index contributed by atoms with van der Waals surface area (Å²) in [5, 5.41) is 2.26. The van der Waals surface area contributed by atoms with Crippen molar-refractivity contribution in [1.29, 1.82) is 0 Å². The Morgan fingerprint density at radius 2 is 2.00 bits per heavy atom. The van der Waals surface area contributed by atoms with Gasteiger partial charge in [-0.2, -0.15) is 0 Å². The lowest BCUT2D eigenvalue weighted by Crippen LogP contribution is -2.84. The molecular formula is C11H22N4O2+2. The third-order valence-corrected chi connectivity index (χ3v) is 2.61. The average Bonchev–Trinajstić information content (AvgIpc) is 2.30. The highest BCUT2D eigenvalue weighted by atomic mass is 16.2. The third kappa shape index (κ3) is 5.46. The van der Waals surface area contributed by atoms with Crippen LogP contribution in [-0.2, 0) is 6.54 Å². The maximum Gasteiger partial charge on any atom is 0.328 e. The van der Waals surface area contributed by atoms with Crippen LogP contribution < -0.4 is 22.3 Å². The molecule has 0 atom stereocenters. The van der Waals surface area contributed by atoms with E-state index >= 15 is 0 Å². The predicted molar refractivity (Wildman–Crippen MR) is 64.6 cm³/mol. The van der Waals surface area contributed by atoms with Crippen LogP contribution in [0.4, 0.5) is 0 Å². The SMILES string of the molecule is [NH3+]CCCC[NH2+]CCCn1ccc(=O)[nH]c1=O. The van der Waals surface area contributed by atoms with Crippen molar-refractivity contribution < 1.29 is 11.1 Å². The first-order valence-corrected chi connectivity index (χ1v) is 6.14. The second kappa shape index (κ2) is 7.81. The van der Waals surface area contributed by atoms with Crippen molar-refractivity contribution in [2.45, 2.75) is 25.8 Å². The highest BCUT2D eigenvalue weighted by molar-refractivity contribution is 4.82. The number of aromatic nitrogens is 2. The first-order chi connectivity index (χ1) is 8.24. The van der Waals surface area contributed by atoms with Gasteiger partial charge in [-0.1, -0.05) is 0 Å². The Morgan fingerprint density at radius 3 is 2.71 bits per heavy atom. The quantitative estimate of drug-likeness (QED) is 0.440. The minimum atomic E-state index is -0.342. The van der Waals surface area contributed by atoms with Crippen molar-refractivity contribution in [2.75, 3.05) is 19.6 Å². The number of unbranched alkanes of at least 4 members (excludes halogenated alkanes) is 1. The average molecular weight is 242 g/mol. The fraction of sp³-hybridized carbons (Fsp3) is 0.636. The highest BCUT2D eigenvalue weighted by Gasteiger charge is 1.97. The van der Waals surface area contributed by atoms with Crippen LogP contribution in [0.25, 0.3) is 0 Å². The Bertz CT molecular complexity index is 424. The van der Waals surface area contributed by atoms with E-state index in [-0.39, 0.29) is 11.2 Å². The molecule has 0 amide bonds. The van der Waals surface area contributed by atoms with Gasteiger partial charge in [0.25, 0.3) is 5.56 Å². The summed E-state index contributed by atoms with van der Waals surface area (Å²) >= 11 is 0. The summed E-state index contributed by atoms with van der Waals surface area (Å²) < 4.78 is 1.53. The fourth-order valence-electron chi connectivity index (χ4n) is 1.64. The Balaban J connectivity index is 2.18. The molecular weight excluding hydrogens is 220 g/mol. The summed E-state index contributed by atoms with van der Waals surface area (Å²) in [5.41, 5.74) is 3.13. The van der Waals surface area contributed by atoms with E-state index < -0.39 is 0 Å². The number of nitrogens with two attached hydrogens (primary N) is 1. The number of hydrogen-bond acceptors (Lipinski definition) is 2. The molecule has 1 rings (SSSR count). The molecule has 0 saturated heterocycles. The van der Waals surface area contributed by atoms with E-state index in [2.05, 4.69) is 16.0 Å². The molecule has 1 heterocycles. The van der Waals surface area contributed by atoms with E-state index in [0.717, 1.165) is 26.1 Å². The number of nitrogens with zero attached hydrogens (tertiary/aromatic N) is 1. The largest absolute Gasteiger partial charge is 0.358 e. The number of H-pyrrole nitrogens is 1. The minimum absolute atomic E-state index is 0.324. The van der Waals surface area contributed by atoms with Gasteiger partial charge in [0.15, 0.2) is 0 Å². The summed E-state index contributed by atoms with van der Waals surface area (Å²) in [6.45, 7) is 3.78. The molecule has 0 radical (unpaired) electrons. The van der Waals surface area contributed by atoms with E-state index in [1.54, 1.807) is 6.20 Å². The topological polar surface area (TPSA) is 99.1 Å². The molecule has 0 aliphatic carbocycles. The lowest BCUT2D eigenvalue weighted by atomic mass is 10.3. The van der Waals surface area contributed by atoms with E-state index in [1.807, 2.05) is 0 Å². The predicted octanol–water partition coefficient (Wildman–Crippen LogP) is -2.49. The molecule has 0 saturated carbocycles. The number of aromatic amines is 1. The van der Waals surface area contributed by atoms with Gasteiger partial charge in [-0.15, -0.1) is 0 Å². The molecule has 0 spiro atoms. The van der Waals surface area contributed by atoms with Gasteiger partial charge in [0.1, 0.15) is 0 Å². The van der Waals surface area contributed by atoms with Crippen molar-refractivity contribution in [3.8, 4) is 0 Å². The van der Waals surface area contributed by atoms with E-state index in [1.165, 1.54) is 23.5 Å². The summed E-state index contributed by atoms with van der Waals surface area (Å²) in [4.78, 5) is 24.4. The van der Waals surface area contributed by atoms with Crippen LogP contribution in [0.2, 0.25) is 0 Å². The number of aryl methyl sites for hydroxylation is 1. The monoisotopic (exact) mass is 242 g/mol. The standard InChI is InChI=1S/C11H20N4O2/c12-5-1-2-6-13-7-3-8-15-9-4-10(16)14-11(15)17/h4,9,13H,1-3,5-8,12H2,(H,14,16,17)/p+2. The van der Waals surface area contributed by atoms with Crippen LogP contribution in [0.3, 0.4) is 0 Å². The fourth-order valence-corrected chi connectivity index (χ4v) is 1.64. The zero-order chi connectivity index (χ0) is 12.5. The summed E-state index contributed by atoms with van der Waals surface area (Å²) in [7, 11) is 0. The molecule has 17 heavy (non-hydrogen) atoms. The highest BCUT2D eigenvalue weighted by Crippen LogP contribution is 1.81. The van der Waals surface area contributed by atoms with Crippen molar-refractivity contribution in [2.24, 2.45) is 0 Å². The summed E-state index contributed by atoms with van der Waals surface area (Å²) in [6.07, 6.45) is 4.85. The zero-order valence-electron chi connectivity index (χ0n) is 10.2. The summed E-state index contributed by atoms with van der Waals surface area (Å²) in [5.74, 6) is 0. The van der Waals surface area contributed by atoms with Crippen LogP contribution in [0.5, 0.6) is 0 Å². The van der Waals surface area contributed by atoms with Gasteiger partial charge in [-0.05, 0) is 0 Å². The third-order valence-electron chi connectivity index (χ3n) is 2.61. The number of hydrogen-bond donors (Lipinski definition) is 3. The van der Waals surface area contributed by atoms with Gasteiger partial charge < -0.3 is 15.6 Å². The Labute approximate surface area is 99.8 Å². The van der Waals surface area contributed by atoms with Crippen molar-refractivity contribution in [1.82, 2.24) is 9.55 Å². The number of nitrogens with one attached hydrogen (secondary N) is 1. The van der Waals surface area contributed by atoms with Crippen molar-refractivity contribution >= 4 is 0 Å². The van der Waals surface area contributed by atoms with E-state index in [0.29, 0.717) is 6.54 Å². The smallest absolute Gasteiger partial charge is 0.328 e. The van der Waals surface area contributed by atoms with E-state index in [9.17, 15) is 9.59 Å². The van der Waals surface area contributed by atoms with Crippen molar-refractivity contribution in [3.05, 3.63) is 33.1 Å². The number of rotatable bonds is 8. The molecule has 6 nitrogen and oxygen atoms in total. The first-order valence-electron chi connectivity index (χ1n) is 6.14. The molecule has 1 aromatic rings. The molecule has 0 unspecified atom stereocenters. The van der Waals surface area contributed by atoms with Gasteiger partial charge >= 0.3 is 5.69 Å². The van der Waals surface area contributed by atoms with Crippen LogP contribution >= 0.6 is 0 Å². The van der Waals surface area contributed by atoms with Gasteiger partial charge in [0.2, 0.25) is 0 Å². The number of quaternary nitrogens is 2. The van der Waals surface area contributed by atoms with Gasteiger partial charge in [-0.25, -0.2) is 4.79 Å². The van der Waals surface area contributed by atoms with Crippen LogP contribution in [0.1, 0.15) is 19.3 Å². The molecule has 6 heteroatoms. The first kappa shape index (κ1) is 13.7. The maximum absolute atomic E-state index is 11.3. The van der Waals surface area contributed by atoms with Gasteiger partial charge in [0, 0.05) is 38.1 Å². The minimum Gasteiger partial charge on any atom is -0.358 e. The molecule has 6 N–H and O–H groups in total. The second-order valence-corrected chi connectivity index (χ2v) is 4.08. The Hall–Kier alpha value is -1.40. The van der Waals surface area contributed by atoms with Crippen LogP contribution in [-0.4, -0.2) is 29.2 Å². The Kier molecular flexibility index (Phi) is 6.27.